The zero-order chi connectivity index (χ0) is 25.6. The van der Waals surface area contributed by atoms with Crippen molar-refractivity contribution in [3.05, 3.63) is 69.4 Å². The summed E-state index contributed by atoms with van der Waals surface area (Å²) in [5, 5.41) is 0.432. The molecule has 4 heterocycles. The third kappa shape index (κ3) is 4.19. The average molecular weight is 517 g/mol. The highest BCUT2D eigenvalue weighted by Gasteiger charge is 2.38. The summed E-state index contributed by atoms with van der Waals surface area (Å²) >= 11 is 6.68. The lowest BCUT2D eigenvalue weighted by Crippen LogP contribution is -2.33. The molecular formula is C24H20ClF3N6O2. The highest BCUT2D eigenvalue weighted by Crippen LogP contribution is 2.47. The molecule has 3 aromatic heterocycles. The quantitative estimate of drug-likeness (QED) is 0.431. The minimum absolute atomic E-state index is 0.0100. The molecule has 0 bridgehead atoms. The number of hydrogen-bond donors (Lipinski definition) is 1. The summed E-state index contributed by atoms with van der Waals surface area (Å²) in [6.45, 7) is 2.76. The first-order valence-electron chi connectivity index (χ1n) is 11.0. The van der Waals surface area contributed by atoms with Crippen molar-refractivity contribution in [1.82, 2.24) is 19.5 Å². The van der Waals surface area contributed by atoms with Crippen LogP contribution in [0.1, 0.15) is 11.1 Å². The van der Waals surface area contributed by atoms with Gasteiger partial charge in [-0.25, -0.2) is 15.0 Å². The standard InChI is InChI=1S/C24H20ClF3N6O2/c1-13-10-16(29)32-21(19(13)24(26,27)28)14-11-15-18-22(20(14)25)36-9-8-34(23(18)31-12-30-15)7-6-33-5-3-2-4-17(33)35/h2-5,10-12H,6-9H2,1H3,(H2,29,32). The number of aryl methyl sites for hydroxylation is 1. The van der Waals surface area contributed by atoms with Crippen LogP contribution in [0.15, 0.2) is 47.7 Å². The number of anilines is 2. The van der Waals surface area contributed by atoms with E-state index in [1.807, 2.05) is 4.90 Å². The van der Waals surface area contributed by atoms with Gasteiger partial charge in [-0.05, 0) is 30.7 Å². The number of halogens is 4. The van der Waals surface area contributed by atoms with Crippen molar-refractivity contribution < 1.29 is 17.9 Å². The molecule has 5 rings (SSSR count). The number of nitrogen functional groups attached to an aromatic ring is 1. The summed E-state index contributed by atoms with van der Waals surface area (Å²) in [4.78, 5) is 26.7. The van der Waals surface area contributed by atoms with Gasteiger partial charge in [-0.15, -0.1) is 0 Å². The number of pyridine rings is 2. The molecule has 1 aromatic carbocycles. The third-order valence-electron chi connectivity index (χ3n) is 5.99. The molecule has 0 saturated carbocycles. The molecule has 1 aliphatic heterocycles. The molecule has 0 amide bonds. The molecule has 0 atom stereocenters. The summed E-state index contributed by atoms with van der Waals surface area (Å²) in [6.07, 6.45) is -1.66. The predicted octanol–water partition coefficient (Wildman–Crippen LogP) is 4.32. The Hall–Kier alpha value is -3.86. The van der Waals surface area contributed by atoms with E-state index in [4.69, 9.17) is 22.1 Å². The van der Waals surface area contributed by atoms with Gasteiger partial charge < -0.3 is 19.9 Å². The number of alkyl halides is 3. The van der Waals surface area contributed by atoms with Gasteiger partial charge in [0.15, 0.2) is 5.75 Å². The van der Waals surface area contributed by atoms with Gasteiger partial charge in [0.05, 0.1) is 33.7 Å². The number of nitrogens with two attached hydrogens (primary N) is 1. The Morgan fingerprint density at radius 1 is 1.19 bits per heavy atom. The van der Waals surface area contributed by atoms with Gasteiger partial charge in [-0.1, -0.05) is 17.7 Å². The Morgan fingerprint density at radius 2 is 2.00 bits per heavy atom. The minimum Gasteiger partial charge on any atom is -0.489 e. The molecule has 0 unspecified atom stereocenters. The first-order chi connectivity index (χ1) is 17.1. The van der Waals surface area contributed by atoms with Crippen molar-refractivity contribution in [2.45, 2.75) is 19.6 Å². The van der Waals surface area contributed by atoms with Crippen LogP contribution in [0.2, 0.25) is 5.02 Å². The average Bonchev–Trinajstić information content (AvgIpc) is 3.00. The molecule has 12 heteroatoms. The first kappa shape index (κ1) is 23.9. The number of nitrogens with zero attached hydrogens (tertiary/aromatic N) is 5. The van der Waals surface area contributed by atoms with Crippen LogP contribution >= 0.6 is 11.6 Å². The van der Waals surface area contributed by atoms with Crippen molar-refractivity contribution in [2.75, 3.05) is 30.3 Å². The lowest BCUT2D eigenvalue weighted by atomic mass is 9.99. The molecule has 0 radical (unpaired) electrons. The molecule has 2 N–H and O–H groups in total. The van der Waals surface area contributed by atoms with Gasteiger partial charge >= 0.3 is 6.18 Å². The number of aromatic nitrogens is 4. The maximum Gasteiger partial charge on any atom is 0.418 e. The topological polar surface area (TPSA) is 99.2 Å². The zero-order valence-electron chi connectivity index (χ0n) is 19.0. The smallest absolute Gasteiger partial charge is 0.418 e. The number of hydrogen-bond acceptors (Lipinski definition) is 7. The molecule has 36 heavy (non-hydrogen) atoms. The van der Waals surface area contributed by atoms with Gasteiger partial charge in [-0.3, -0.25) is 4.79 Å². The van der Waals surface area contributed by atoms with Crippen molar-refractivity contribution in [3.8, 4) is 17.0 Å². The van der Waals surface area contributed by atoms with Crippen molar-refractivity contribution in [1.29, 1.82) is 0 Å². The minimum atomic E-state index is -4.68. The fourth-order valence-electron chi connectivity index (χ4n) is 4.40. The van der Waals surface area contributed by atoms with Gasteiger partial charge in [0.25, 0.3) is 5.56 Å². The number of benzene rings is 1. The van der Waals surface area contributed by atoms with E-state index < -0.39 is 17.4 Å². The second kappa shape index (κ2) is 8.98. The largest absolute Gasteiger partial charge is 0.489 e. The molecule has 4 aromatic rings. The lowest BCUT2D eigenvalue weighted by Gasteiger charge is -2.22. The molecule has 1 aliphatic rings. The van der Waals surface area contributed by atoms with Gasteiger partial charge in [-0.2, -0.15) is 13.2 Å². The Bertz CT molecular complexity index is 1540. The van der Waals surface area contributed by atoms with Crippen LogP contribution in [0.5, 0.6) is 5.75 Å². The van der Waals surface area contributed by atoms with Crippen LogP contribution in [0.4, 0.5) is 24.8 Å². The van der Waals surface area contributed by atoms with Gasteiger partial charge in [0.1, 0.15) is 24.6 Å². The van der Waals surface area contributed by atoms with Crippen LogP contribution in [-0.4, -0.2) is 39.2 Å². The van der Waals surface area contributed by atoms with Crippen LogP contribution < -0.4 is 20.9 Å². The summed E-state index contributed by atoms with van der Waals surface area (Å²) in [6, 6.07) is 7.53. The second-order valence-electron chi connectivity index (χ2n) is 8.31. The molecule has 0 spiro atoms. The number of ether oxygens (including phenoxy) is 1. The van der Waals surface area contributed by atoms with E-state index in [1.165, 1.54) is 31.5 Å². The first-order valence-corrected chi connectivity index (χ1v) is 11.4. The highest BCUT2D eigenvalue weighted by atomic mass is 35.5. The van der Waals surface area contributed by atoms with E-state index in [1.54, 1.807) is 22.9 Å². The summed E-state index contributed by atoms with van der Waals surface area (Å²) in [5.41, 5.74) is 4.63. The maximum absolute atomic E-state index is 14.0. The Kier molecular flexibility index (Phi) is 5.95. The van der Waals surface area contributed by atoms with Crippen LogP contribution in [0, 0.1) is 6.92 Å². The summed E-state index contributed by atoms with van der Waals surface area (Å²) in [5.74, 6) is 0.621. The van der Waals surface area contributed by atoms with E-state index in [-0.39, 0.29) is 39.9 Å². The van der Waals surface area contributed by atoms with Crippen LogP contribution in [0.25, 0.3) is 22.2 Å². The molecule has 8 nitrogen and oxygen atoms in total. The Balaban J connectivity index is 1.65. The molecule has 0 aliphatic carbocycles. The van der Waals surface area contributed by atoms with E-state index in [0.29, 0.717) is 36.4 Å². The van der Waals surface area contributed by atoms with E-state index in [9.17, 15) is 18.0 Å². The number of rotatable bonds is 4. The van der Waals surface area contributed by atoms with Crippen LogP contribution in [-0.2, 0) is 12.7 Å². The predicted molar refractivity (Wildman–Crippen MR) is 130 cm³/mol. The second-order valence-corrected chi connectivity index (χ2v) is 8.69. The van der Waals surface area contributed by atoms with Crippen molar-refractivity contribution in [2.24, 2.45) is 0 Å². The molecule has 0 fully saturated rings. The third-order valence-corrected chi connectivity index (χ3v) is 6.37. The van der Waals surface area contributed by atoms with E-state index in [0.717, 1.165) is 0 Å². The molecule has 0 saturated heterocycles. The molecular weight excluding hydrogens is 497 g/mol. The molecule has 186 valence electrons. The van der Waals surface area contributed by atoms with Gasteiger partial charge in [0, 0.05) is 30.9 Å². The fraction of sp³-hybridized carbons (Fsp3) is 0.250. The summed E-state index contributed by atoms with van der Waals surface area (Å²) in [7, 11) is 0. The summed E-state index contributed by atoms with van der Waals surface area (Å²) < 4.78 is 49.5. The van der Waals surface area contributed by atoms with E-state index in [2.05, 4.69) is 15.0 Å². The SMILES string of the molecule is Cc1cc(N)nc(-c2cc3ncnc4c3c(c2Cl)OCCN4CCn2ccccc2=O)c1C(F)(F)F. The van der Waals surface area contributed by atoms with Gasteiger partial charge in [0.2, 0.25) is 0 Å². The van der Waals surface area contributed by atoms with Crippen molar-refractivity contribution in [3.63, 3.8) is 0 Å². The Labute approximate surface area is 208 Å². The van der Waals surface area contributed by atoms with E-state index >= 15 is 0 Å². The fourth-order valence-corrected chi connectivity index (χ4v) is 4.70. The van der Waals surface area contributed by atoms with Crippen LogP contribution in [0.3, 0.4) is 0 Å². The normalized spacial score (nSPS) is 13.5. The lowest BCUT2D eigenvalue weighted by molar-refractivity contribution is -0.137. The van der Waals surface area contributed by atoms with Crippen molar-refractivity contribution >= 4 is 34.1 Å². The monoisotopic (exact) mass is 516 g/mol. The highest BCUT2D eigenvalue weighted by molar-refractivity contribution is 6.36. The Morgan fingerprint density at radius 3 is 2.75 bits per heavy atom. The zero-order valence-corrected chi connectivity index (χ0v) is 19.8. The maximum atomic E-state index is 14.0.